The van der Waals surface area contributed by atoms with Gasteiger partial charge in [0.15, 0.2) is 5.78 Å². The van der Waals surface area contributed by atoms with Gasteiger partial charge in [-0.05, 0) is 43.4 Å². The van der Waals surface area contributed by atoms with Crippen molar-refractivity contribution >= 4 is 78.6 Å². The molecule has 2 aliphatic carbocycles. The number of hydrogen-bond acceptors (Lipinski definition) is 4. The topological polar surface area (TPSA) is 74.8 Å². The van der Waals surface area contributed by atoms with E-state index >= 15 is 0 Å². The van der Waals surface area contributed by atoms with Crippen molar-refractivity contribution in [2.75, 3.05) is 6.54 Å². The lowest BCUT2D eigenvalue weighted by atomic mass is 9.81. The highest BCUT2D eigenvalue weighted by Gasteiger charge is 2.67. The zero-order valence-corrected chi connectivity index (χ0v) is 23.1. The van der Waals surface area contributed by atoms with E-state index in [0.717, 1.165) is 22.0 Å². The van der Waals surface area contributed by atoms with Crippen molar-refractivity contribution in [3.05, 3.63) is 69.2 Å². The van der Waals surface area contributed by atoms with Gasteiger partial charge in [-0.2, -0.15) is 5.01 Å². The van der Waals surface area contributed by atoms with Gasteiger partial charge in [0.2, 0.25) is 0 Å². The summed E-state index contributed by atoms with van der Waals surface area (Å²) in [5.41, 5.74) is 1.48. The third kappa shape index (κ3) is 4.06. The Morgan fingerprint density at radius 1 is 0.914 bits per heavy atom. The summed E-state index contributed by atoms with van der Waals surface area (Å²) in [5, 5.41) is 2.28. The van der Waals surface area contributed by atoms with Crippen LogP contribution >= 0.6 is 55.1 Å². The average Bonchev–Trinajstić information content (AvgIpc) is 3.44. The first kappa shape index (κ1) is 24.9. The first-order valence-electron chi connectivity index (χ1n) is 11.1. The standard InChI is InChI=1S/C25H20Br2Cl2N2O4/c1-11-2-4-12(5-3-11)18(32)10-30(23(33)13-6-7-16(28)17(29)8-13)31-24(34)19-14-9-15(20(19)25(31)35)22(27)21(14)26/h2-8,14-15,19-22H,9-10H2,1H3/t14-,15-,19-,20+,21+,22+/m1/s1. The lowest BCUT2D eigenvalue weighted by molar-refractivity contribution is -0.154. The molecule has 1 aliphatic heterocycles. The Kier molecular flexibility index (Phi) is 6.62. The van der Waals surface area contributed by atoms with E-state index in [9.17, 15) is 19.2 Å². The third-order valence-corrected chi connectivity index (χ3v) is 11.2. The van der Waals surface area contributed by atoms with Crippen LogP contribution in [0.1, 0.15) is 32.7 Å². The summed E-state index contributed by atoms with van der Waals surface area (Å²) < 4.78 is 0. The normalized spacial score (nSPS) is 29.0. The number of hydrogen-bond donors (Lipinski definition) is 0. The van der Waals surface area contributed by atoms with Gasteiger partial charge in [0, 0.05) is 20.8 Å². The molecule has 2 bridgehead atoms. The first-order chi connectivity index (χ1) is 16.6. The lowest BCUT2D eigenvalue weighted by Crippen LogP contribution is -2.52. The summed E-state index contributed by atoms with van der Waals surface area (Å²) in [6.07, 6.45) is 0.759. The summed E-state index contributed by atoms with van der Waals surface area (Å²) in [7, 11) is 0. The maximum absolute atomic E-state index is 13.6. The zero-order valence-electron chi connectivity index (χ0n) is 18.5. The zero-order chi connectivity index (χ0) is 25.2. The molecule has 182 valence electrons. The molecule has 2 aromatic rings. The van der Waals surface area contributed by atoms with E-state index < -0.39 is 41.9 Å². The highest BCUT2D eigenvalue weighted by Crippen LogP contribution is 2.60. The van der Waals surface area contributed by atoms with Gasteiger partial charge < -0.3 is 0 Å². The molecule has 10 heteroatoms. The molecule has 6 atom stereocenters. The fourth-order valence-corrected chi connectivity index (χ4v) is 7.72. The Hall–Kier alpha value is -1.74. The van der Waals surface area contributed by atoms with Crippen LogP contribution in [0.5, 0.6) is 0 Å². The second-order valence-corrected chi connectivity index (χ2v) is 12.2. The van der Waals surface area contributed by atoms with Crippen molar-refractivity contribution in [2.45, 2.75) is 23.0 Å². The van der Waals surface area contributed by atoms with E-state index in [1.54, 1.807) is 24.3 Å². The summed E-state index contributed by atoms with van der Waals surface area (Å²) >= 11 is 19.5. The summed E-state index contributed by atoms with van der Waals surface area (Å²) in [6.45, 7) is 1.43. The largest absolute Gasteiger partial charge is 0.292 e. The Morgan fingerprint density at radius 3 is 2.00 bits per heavy atom. The molecule has 1 saturated heterocycles. The number of nitrogens with zero attached hydrogens (tertiary/aromatic N) is 2. The number of halogens is 4. The number of carbonyl (C=O) groups excluding carboxylic acids is 4. The molecule has 0 radical (unpaired) electrons. The minimum absolute atomic E-state index is 0.0226. The first-order valence-corrected chi connectivity index (χ1v) is 13.7. The third-order valence-electron chi connectivity index (χ3n) is 7.27. The summed E-state index contributed by atoms with van der Waals surface area (Å²) in [5.74, 6) is -3.05. The predicted octanol–water partition coefficient (Wildman–Crippen LogP) is 5.32. The van der Waals surface area contributed by atoms with Crippen LogP contribution in [0.25, 0.3) is 0 Å². The molecule has 3 fully saturated rings. The molecular formula is C25H20Br2Cl2N2O4. The van der Waals surface area contributed by atoms with E-state index in [-0.39, 0.29) is 37.1 Å². The number of amides is 3. The quantitative estimate of drug-likeness (QED) is 0.252. The van der Waals surface area contributed by atoms with Gasteiger partial charge in [-0.15, -0.1) is 0 Å². The second-order valence-electron chi connectivity index (χ2n) is 9.27. The molecule has 6 nitrogen and oxygen atoms in total. The molecule has 1 heterocycles. The monoisotopic (exact) mass is 640 g/mol. The van der Waals surface area contributed by atoms with E-state index in [4.69, 9.17) is 23.2 Å². The number of imide groups is 1. The SMILES string of the molecule is Cc1ccc(C(=O)CN(C(=O)c2ccc(Cl)c(Cl)c2)N2C(=O)[C@@H]3[C@H]4C[C@@H]([C@H](Br)[C@H]4Br)[C@@H]3C2=O)cc1. The predicted molar refractivity (Wildman–Crippen MR) is 139 cm³/mol. The molecule has 3 aliphatic rings. The van der Waals surface area contributed by atoms with Crippen LogP contribution in [-0.4, -0.2) is 49.7 Å². The summed E-state index contributed by atoms with van der Waals surface area (Å²) in [6, 6.07) is 11.2. The van der Waals surface area contributed by atoms with Gasteiger partial charge in [0.25, 0.3) is 17.7 Å². The average molecular weight is 643 g/mol. The van der Waals surface area contributed by atoms with Crippen molar-refractivity contribution in [3.8, 4) is 0 Å². The molecule has 35 heavy (non-hydrogen) atoms. The van der Waals surface area contributed by atoms with Crippen molar-refractivity contribution in [1.29, 1.82) is 0 Å². The molecule has 5 rings (SSSR count). The number of ketones is 1. The number of aryl methyl sites for hydroxylation is 1. The minimum Gasteiger partial charge on any atom is -0.292 e. The Balaban J connectivity index is 1.52. The van der Waals surface area contributed by atoms with Crippen molar-refractivity contribution in [1.82, 2.24) is 10.0 Å². The highest BCUT2D eigenvalue weighted by molar-refractivity contribution is 9.12. The molecule has 0 spiro atoms. The van der Waals surface area contributed by atoms with E-state index in [1.807, 2.05) is 6.92 Å². The van der Waals surface area contributed by atoms with Crippen molar-refractivity contribution in [3.63, 3.8) is 0 Å². The van der Waals surface area contributed by atoms with Gasteiger partial charge in [0.05, 0.1) is 21.9 Å². The number of rotatable bonds is 5. The molecule has 2 saturated carbocycles. The fraction of sp³-hybridized carbons (Fsp3) is 0.360. The van der Waals surface area contributed by atoms with E-state index in [0.29, 0.717) is 5.56 Å². The molecule has 2 aromatic carbocycles. The summed E-state index contributed by atoms with van der Waals surface area (Å²) in [4.78, 5) is 54.2. The van der Waals surface area contributed by atoms with Crippen LogP contribution in [0.4, 0.5) is 0 Å². The van der Waals surface area contributed by atoms with Crippen LogP contribution in [0.15, 0.2) is 42.5 Å². The van der Waals surface area contributed by atoms with E-state index in [2.05, 4.69) is 31.9 Å². The fourth-order valence-electron chi connectivity index (χ4n) is 5.55. The molecule has 3 amide bonds. The number of alkyl halides is 2. The highest BCUT2D eigenvalue weighted by atomic mass is 79.9. The lowest BCUT2D eigenvalue weighted by Gasteiger charge is -2.31. The van der Waals surface area contributed by atoms with Crippen LogP contribution in [0.2, 0.25) is 10.0 Å². The van der Waals surface area contributed by atoms with E-state index in [1.165, 1.54) is 18.2 Å². The molecular weight excluding hydrogens is 623 g/mol. The van der Waals surface area contributed by atoms with Crippen molar-refractivity contribution in [2.24, 2.45) is 23.7 Å². The van der Waals surface area contributed by atoms with Crippen molar-refractivity contribution < 1.29 is 19.2 Å². The van der Waals surface area contributed by atoms with Crippen LogP contribution in [0.3, 0.4) is 0 Å². The number of hydrazine groups is 1. The Bertz CT molecular complexity index is 1220. The van der Waals surface area contributed by atoms with Crippen LogP contribution in [-0.2, 0) is 9.59 Å². The minimum atomic E-state index is -0.677. The number of Topliss-reactive ketones (excluding diaryl/α,β-unsaturated/α-hetero) is 1. The maximum atomic E-state index is 13.6. The Labute approximate surface area is 229 Å². The van der Waals surface area contributed by atoms with Gasteiger partial charge >= 0.3 is 0 Å². The maximum Gasteiger partial charge on any atom is 0.273 e. The van der Waals surface area contributed by atoms with Gasteiger partial charge in [0.1, 0.15) is 6.54 Å². The second kappa shape index (κ2) is 9.29. The van der Waals surface area contributed by atoms with Gasteiger partial charge in [-0.1, -0.05) is 84.9 Å². The molecule has 0 unspecified atom stereocenters. The number of carbonyl (C=O) groups is 4. The molecule has 0 N–H and O–H groups in total. The van der Waals surface area contributed by atoms with Crippen LogP contribution < -0.4 is 0 Å². The molecule has 0 aromatic heterocycles. The Morgan fingerprint density at radius 2 is 1.46 bits per heavy atom. The smallest absolute Gasteiger partial charge is 0.273 e. The van der Waals surface area contributed by atoms with Gasteiger partial charge in [-0.3, -0.25) is 19.2 Å². The number of benzene rings is 2. The number of fused-ring (bicyclic) bond motifs is 5. The van der Waals surface area contributed by atoms with Crippen LogP contribution in [0, 0.1) is 30.6 Å². The van der Waals surface area contributed by atoms with Gasteiger partial charge in [-0.25, -0.2) is 5.01 Å².